The van der Waals surface area contributed by atoms with Crippen molar-refractivity contribution in [3.63, 3.8) is 0 Å². The summed E-state index contributed by atoms with van der Waals surface area (Å²) in [4.78, 5) is 36.4. The van der Waals surface area contributed by atoms with E-state index in [9.17, 15) is 14.4 Å². The van der Waals surface area contributed by atoms with E-state index in [1.54, 1.807) is 6.07 Å². The average molecular weight is 359 g/mol. The third-order valence-corrected chi connectivity index (χ3v) is 4.90. The van der Waals surface area contributed by atoms with Crippen LogP contribution in [-0.2, 0) is 0 Å². The summed E-state index contributed by atoms with van der Waals surface area (Å²) in [5.74, 6) is -1.24. The number of nitrogen functional groups attached to an aromatic ring is 1. The van der Waals surface area contributed by atoms with Crippen molar-refractivity contribution in [3.8, 4) is 16.8 Å². The van der Waals surface area contributed by atoms with Gasteiger partial charge in [-0.15, -0.1) is 0 Å². The maximum atomic E-state index is 12.6. The highest BCUT2D eigenvalue weighted by atomic mass is 16.2. The molecule has 4 rings (SSSR count). The lowest BCUT2D eigenvalue weighted by atomic mass is 10.00. The van der Waals surface area contributed by atoms with E-state index in [2.05, 4.69) is 11.4 Å². The van der Waals surface area contributed by atoms with Gasteiger partial charge in [-0.05, 0) is 48.2 Å². The lowest BCUT2D eigenvalue weighted by Crippen LogP contribution is -2.24. The molecular formula is C21H17N3O3. The number of nitrogens with one attached hydrogen (secondary N) is 1. The average Bonchev–Trinajstić information content (AvgIpc) is 2.91. The van der Waals surface area contributed by atoms with Crippen LogP contribution in [0.15, 0.2) is 53.3 Å². The number of rotatable bonds is 2. The highest BCUT2D eigenvalue weighted by Crippen LogP contribution is 2.27. The topological polar surface area (TPSA) is 94.2 Å². The second-order valence-electron chi connectivity index (χ2n) is 6.62. The van der Waals surface area contributed by atoms with Crippen LogP contribution in [0.25, 0.3) is 16.8 Å². The fourth-order valence-electron chi connectivity index (χ4n) is 3.29. The van der Waals surface area contributed by atoms with Crippen LogP contribution < -0.4 is 16.6 Å². The van der Waals surface area contributed by atoms with E-state index >= 15 is 0 Å². The Labute approximate surface area is 155 Å². The zero-order valence-electron chi connectivity index (χ0n) is 14.9. The minimum atomic E-state index is -0.602. The van der Waals surface area contributed by atoms with Gasteiger partial charge in [0.1, 0.15) is 5.82 Å². The Morgan fingerprint density at radius 3 is 2.33 bits per heavy atom. The lowest BCUT2D eigenvalue weighted by molar-refractivity contribution is 0.0880. The first-order chi connectivity index (χ1) is 12.9. The van der Waals surface area contributed by atoms with Crippen LogP contribution in [0.2, 0.25) is 0 Å². The molecule has 6 heteroatoms. The van der Waals surface area contributed by atoms with Gasteiger partial charge in [0, 0.05) is 6.07 Å². The highest BCUT2D eigenvalue weighted by molar-refractivity contribution is 6.23. The van der Waals surface area contributed by atoms with Crippen molar-refractivity contribution < 1.29 is 9.59 Å². The molecule has 0 atom stereocenters. The Morgan fingerprint density at radius 2 is 1.59 bits per heavy atom. The third-order valence-electron chi connectivity index (χ3n) is 4.90. The molecule has 2 amide bonds. The summed E-state index contributed by atoms with van der Waals surface area (Å²) in [5.41, 5.74) is 10.5. The van der Waals surface area contributed by atoms with Gasteiger partial charge in [-0.1, -0.05) is 30.3 Å². The van der Waals surface area contributed by atoms with Crippen LogP contribution in [0.3, 0.4) is 0 Å². The zero-order chi connectivity index (χ0) is 19.3. The molecule has 0 radical (unpaired) electrons. The number of nitrogens with two attached hydrogens (primary N) is 1. The predicted molar refractivity (Wildman–Crippen MR) is 103 cm³/mol. The molecule has 27 heavy (non-hydrogen) atoms. The van der Waals surface area contributed by atoms with Crippen LogP contribution in [0.5, 0.6) is 0 Å². The summed E-state index contributed by atoms with van der Waals surface area (Å²) in [6, 6.07) is 14.6. The first-order valence-electron chi connectivity index (χ1n) is 8.46. The van der Waals surface area contributed by atoms with E-state index in [4.69, 9.17) is 5.73 Å². The van der Waals surface area contributed by atoms with E-state index in [0.717, 1.165) is 17.2 Å². The normalized spacial score (nSPS) is 12.8. The minimum Gasteiger partial charge on any atom is -0.384 e. The number of fused-ring (bicyclic) bond motifs is 1. The zero-order valence-corrected chi connectivity index (χ0v) is 14.9. The maximum Gasteiger partial charge on any atom is 0.262 e. The van der Waals surface area contributed by atoms with E-state index in [1.807, 2.05) is 44.2 Å². The first kappa shape index (κ1) is 16.8. The number of imide groups is 1. The number of aryl methyl sites for hydroxylation is 2. The molecule has 3 aromatic rings. The highest BCUT2D eigenvalue weighted by Gasteiger charge is 2.31. The van der Waals surface area contributed by atoms with Crippen molar-refractivity contribution >= 4 is 17.6 Å². The molecular weight excluding hydrogens is 342 g/mol. The van der Waals surface area contributed by atoms with Crippen molar-refractivity contribution in [2.24, 2.45) is 0 Å². The monoisotopic (exact) mass is 359 g/mol. The minimum absolute atomic E-state index is 0.0177. The van der Waals surface area contributed by atoms with Crippen LogP contribution >= 0.6 is 0 Å². The molecule has 1 aromatic heterocycles. The molecule has 0 aliphatic carbocycles. The van der Waals surface area contributed by atoms with Crippen molar-refractivity contribution in [2.75, 3.05) is 5.73 Å². The molecule has 1 aliphatic rings. The molecule has 0 saturated heterocycles. The lowest BCUT2D eigenvalue weighted by Gasteiger charge is -2.13. The number of benzene rings is 2. The number of anilines is 1. The number of nitrogens with zero attached hydrogens (tertiary/aromatic N) is 1. The van der Waals surface area contributed by atoms with Gasteiger partial charge in [0.2, 0.25) is 0 Å². The Kier molecular flexibility index (Phi) is 3.70. The SMILES string of the molecule is Cc1ccc(-c2cccc(-n3c(N)c4c(cc3=O)C(=O)NC4=O)c2)cc1C. The van der Waals surface area contributed by atoms with E-state index in [-0.39, 0.29) is 16.9 Å². The smallest absolute Gasteiger partial charge is 0.262 e. The van der Waals surface area contributed by atoms with Crippen LogP contribution in [0, 0.1) is 13.8 Å². The number of hydrogen-bond donors (Lipinski definition) is 2. The summed E-state index contributed by atoms with van der Waals surface area (Å²) in [6.45, 7) is 4.09. The quantitative estimate of drug-likeness (QED) is 0.688. The number of aromatic nitrogens is 1. The van der Waals surface area contributed by atoms with Crippen molar-refractivity contribution in [3.05, 3.63) is 81.1 Å². The molecule has 3 N–H and O–H groups in total. The van der Waals surface area contributed by atoms with Gasteiger partial charge < -0.3 is 5.73 Å². The molecule has 0 spiro atoms. The molecule has 6 nitrogen and oxygen atoms in total. The van der Waals surface area contributed by atoms with E-state index < -0.39 is 17.4 Å². The second-order valence-corrected chi connectivity index (χ2v) is 6.62. The molecule has 134 valence electrons. The van der Waals surface area contributed by atoms with Crippen molar-refractivity contribution in [2.45, 2.75) is 13.8 Å². The maximum absolute atomic E-state index is 12.6. The number of carbonyl (C=O) groups is 2. The largest absolute Gasteiger partial charge is 0.384 e. The van der Waals surface area contributed by atoms with Gasteiger partial charge >= 0.3 is 0 Å². The number of amides is 2. The van der Waals surface area contributed by atoms with Gasteiger partial charge in [-0.2, -0.15) is 0 Å². The number of hydrogen-bond acceptors (Lipinski definition) is 4. The fraction of sp³-hybridized carbons (Fsp3) is 0.0952. The fourth-order valence-corrected chi connectivity index (χ4v) is 3.29. The van der Waals surface area contributed by atoms with Gasteiger partial charge in [0.15, 0.2) is 0 Å². The summed E-state index contributed by atoms with van der Waals surface area (Å²) >= 11 is 0. The van der Waals surface area contributed by atoms with Crippen LogP contribution in [0.4, 0.5) is 5.82 Å². The van der Waals surface area contributed by atoms with Crippen LogP contribution in [0.1, 0.15) is 31.8 Å². The van der Waals surface area contributed by atoms with Gasteiger partial charge in [-0.3, -0.25) is 24.3 Å². The number of carbonyl (C=O) groups excluding carboxylic acids is 2. The summed E-state index contributed by atoms with van der Waals surface area (Å²) < 4.78 is 1.25. The molecule has 1 aliphatic heterocycles. The van der Waals surface area contributed by atoms with Crippen molar-refractivity contribution in [1.82, 2.24) is 9.88 Å². The molecule has 2 aromatic carbocycles. The van der Waals surface area contributed by atoms with Gasteiger partial charge in [0.05, 0.1) is 16.8 Å². The third kappa shape index (κ3) is 2.62. The Balaban J connectivity index is 1.90. The Bertz CT molecular complexity index is 1190. The van der Waals surface area contributed by atoms with E-state index in [0.29, 0.717) is 5.69 Å². The summed E-state index contributed by atoms with van der Waals surface area (Å²) in [5, 5.41) is 2.17. The standard InChI is InChI=1S/C21H17N3O3/c1-11-6-7-14(8-12(11)2)13-4-3-5-15(9-13)24-17(25)10-16-18(19(24)22)21(27)23-20(16)26/h3-10H,22H2,1-2H3,(H,23,26,27). The summed E-state index contributed by atoms with van der Waals surface area (Å²) in [7, 11) is 0. The molecule has 0 fully saturated rings. The Morgan fingerprint density at radius 1 is 0.852 bits per heavy atom. The van der Waals surface area contributed by atoms with Crippen molar-refractivity contribution in [1.29, 1.82) is 0 Å². The second kappa shape index (κ2) is 5.95. The molecule has 0 bridgehead atoms. The predicted octanol–water partition coefficient (Wildman–Crippen LogP) is 2.59. The van der Waals surface area contributed by atoms with Gasteiger partial charge in [0.25, 0.3) is 17.4 Å². The van der Waals surface area contributed by atoms with Crippen LogP contribution in [-0.4, -0.2) is 16.4 Å². The molecule has 2 heterocycles. The van der Waals surface area contributed by atoms with Gasteiger partial charge in [-0.25, -0.2) is 0 Å². The Hall–Kier alpha value is -3.67. The first-order valence-corrected chi connectivity index (χ1v) is 8.46. The number of pyridine rings is 1. The van der Waals surface area contributed by atoms with E-state index in [1.165, 1.54) is 15.7 Å². The molecule has 0 unspecified atom stereocenters. The summed E-state index contributed by atoms with van der Waals surface area (Å²) in [6.07, 6.45) is 0. The molecule has 0 saturated carbocycles.